The Morgan fingerprint density at radius 2 is 2.25 bits per heavy atom. The average Bonchev–Trinajstić information content (AvgIpc) is 2.26. The van der Waals surface area contributed by atoms with E-state index in [0.717, 1.165) is 38.9 Å². The summed E-state index contributed by atoms with van der Waals surface area (Å²) in [5.41, 5.74) is 8.13. The predicted octanol–water partition coefficient (Wildman–Crippen LogP) is 1.29. The van der Waals surface area contributed by atoms with Crippen LogP contribution in [-0.2, 0) is 4.79 Å². The minimum absolute atomic E-state index is 0.0572. The van der Waals surface area contributed by atoms with Crippen LogP contribution < -0.4 is 5.32 Å². The van der Waals surface area contributed by atoms with Crippen molar-refractivity contribution in [2.45, 2.75) is 32.2 Å². The quantitative estimate of drug-likeness (QED) is 0.331. The number of likely N-dealkylation sites (tertiary alicyclic amines) is 1. The molecule has 6 nitrogen and oxygen atoms in total. The zero-order chi connectivity index (χ0) is 11.8. The van der Waals surface area contributed by atoms with Gasteiger partial charge >= 0.3 is 0 Å². The second kappa shape index (κ2) is 7.09. The predicted molar refractivity (Wildman–Crippen MR) is 61.9 cm³/mol. The van der Waals surface area contributed by atoms with Crippen LogP contribution in [0, 0.1) is 0 Å². The van der Waals surface area contributed by atoms with Gasteiger partial charge in [-0.2, -0.15) is 0 Å². The van der Waals surface area contributed by atoms with Gasteiger partial charge in [-0.15, -0.1) is 0 Å². The molecule has 1 N–H and O–H groups in total. The first kappa shape index (κ1) is 12.8. The minimum Gasteiger partial charge on any atom is -0.354 e. The third-order valence-electron chi connectivity index (χ3n) is 2.79. The molecule has 16 heavy (non-hydrogen) atoms. The lowest BCUT2D eigenvalue weighted by Crippen LogP contribution is -2.44. The molecule has 0 aromatic carbocycles. The van der Waals surface area contributed by atoms with Crippen molar-refractivity contribution >= 4 is 5.91 Å². The van der Waals surface area contributed by atoms with Crippen LogP contribution in [0.4, 0.5) is 0 Å². The number of azide groups is 1. The van der Waals surface area contributed by atoms with Crippen molar-refractivity contribution in [2.24, 2.45) is 5.11 Å². The summed E-state index contributed by atoms with van der Waals surface area (Å²) < 4.78 is 0. The Hall–Kier alpha value is -1.26. The molecule has 0 atom stereocenters. The molecule has 1 heterocycles. The molecule has 0 aromatic heterocycles. The van der Waals surface area contributed by atoms with Crippen LogP contribution in [0.5, 0.6) is 0 Å². The molecular weight excluding hydrogens is 206 g/mol. The Morgan fingerprint density at radius 1 is 1.56 bits per heavy atom. The number of carbonyl (C=O) groups is 1. The first-order valence-corrected chi connectivity index (χ1v) is 5.72. The van der Waals surface area contributed by atoms with Gasteiger partial charge in [-0.1, -0.05) is 5.11 Å². The fraction of sp³-hybridized carbons (Fsp3) is 0.900. The van der Waals surface area contributed by atoms with Crippen molar-refractivity contribution in [2.75, 3.05) is 26.2 Å². The zero-order valence-corrected chi connectivity index (χ0v) is 9.72. The van der Waals surface area contributed by atoms with Crippen molar-refractivity contribution in [3.63, 3.8) is 0 Å². The standard InChI is InChI=1S/C10H19N5O/c1-9(16)13-10-3-7-15(8-4-10)6-2-5-12-14-11/h10H,2-8H2,1H3,(H,13,16). The molecule has 1 aliphatic heterocycles. The van der Waals surface area contributed by atoms with Crippen LogP contribution in [0.2, 0.25) is 0 Å². The van der Waals surface area contributed by atoms with Crippen molar-refractivity contribution in [1.82, 2.24) is 10.2 Å². The highest BCUT2D eigenvalue weighted by Crippen LogP contribution is 2.10. The van der Waals surface area contributed by atoms with Gasteiger partial charge in [0.1, 0.15) is 0 Å². The van der Waals surface area contributed by atoms with Gasteiger partial charge in [-0.3, -0.25) is 4.79 Å². The summed E-state index contributed by atoms with van der Waals surface area (Å²) in [5.74, 6) is 0.0572. The monoisotopic (exact) mass is 225 g/mol. The summed E-state index contributed by atoms with van der Waals surface area (Å²) in [6, 6.07) is 0.339. The van der Waals surface area contributed by atoms with Gasteiger partial charge < -0.3 is 10.2 Å². The third-order valence-corrected chi connectivity index (χ3v) is 2.79. The second-order valence-electron chi connectivity index (χ2n) is 4.12. The molecular formula is C10H19N5O. The number of nitrogens with zero attached hydrogens (tertiary/aromatic N) is 4. The first-order chi connectivity index (χ1) is 7.72. The van der Waals surface area contributed by atoms with E-state index in [9.17, 15) is 4.79 Å². The highest BCUT2D eigenvalue weighted by atomic mass is 16.1. The second-order valence-corrected chi connectivity index (χ2v) is 4.12. The smallest absolute Gasteiger partial charge is 0.217 e. The van der Waals surface area contributed by atoms with E-state index in [1.165, 1.54) is 0 Å². The van der Waals surface area contributed by atoms with Crippen molar-refractivity contribution < 1.29 is 4.79 Å². The highest BCUT2D eigenvalue weighted by Gasteiger charge is 2.18. The molecule has 0 bridgehead atoms. The van der Waals surface area contributed by atoms with Crippen LogP contribution in [0.25, 0.3) is 10.4 Å². The summed E-state index contributed by atoms with van der Waals surface area (Å²) in [7, 11) is 0. The maximum atomic E-state index is 10.9. The fourth-order valence-electron chi connectivity index (χ4n) is 2.00. The topological polar surface area (TPSA) is 81.1 Å². The molecule has 1 amide bonds. The summed E-state index contributed by atoms with van der Waals surface area (Å²) >= 11 is 0. The van der Waals surface area contributed by atoms with Crippen molar-refractivity contribution in [1.29, 1.82) is 0 Å². The van der Waals surface area contributed by atoms with E-state index in [1.807, 2.05) is 0 Å². The van der Waals surface area contributed by atoms with Gasteiger partial charge in [-0.05, 0) is 31.3 Å². The van der Waals surface area contributed by atoms with Gasteiger partial charge in [0.05, 0.1) is 0 Å². The van der Waals surface area contributed by atoms with E-state index in [1.54, 1.807) is 6.92 Å². The Labute approximate surface area is 95.6 Å². The molecule has 1 aliphatic rings. The van der Waals surface area contributed by atoms with Crippen LogP contribution in [0.15, 0.2) is 5.11 Å². The number of hydrogen-bond acceptors (Lipinski definition) is 3. The van der Waals surface area contributed by atoms with Crippen molar-refractivity contribution in [3.8, 4) is 0 Å². The highest BCUT2D eigenvalue weighted by molar-refractivity contribution is 5.73. The number of nitrogens with one attached hydrogen (secondary N) is 1. The molecule has 0 saturated carbocycles. The SMILES string of the molecule is CC(=O)NC1CCN(CCCN=[N+]=[N-])CC1. The lowest BCUT2D eigenvalue weighted by molar-refractivity contribution is -0.119. The summed E-state index contributed by atoms with van der Waals surface area (Å²) in [5, 5.41) is 6.45. The van der Waals surface area contributed by atoms with Gasteiger partial charge in [0.25, 0.3) is 0 Å². The van der Waals surface area contributed by atoms with Gasteiger partial charge in [-0.25, -0.2) is 0 Å². The van der Waals surface area contributed by atoms with E-state index in [0.29, 0.717) is 12.6 Å². The molecule has 6 heteroatoms. The molecule has 1 saturated heterocycles. The van der Waals surface area contributed by atoms with Crippen LogP contribution in [0.1, 0.15) is 26.2 Å². The molecule has 0 aromatic rings. The van der Waals surface area contributed by atoms with Crippen LogP contribution in [-0.4, -0.2) is 43.0 Å². The molecule has 1 rings (SSSR count). The van der Waals surface area contributed by atoms with Crippen LogP contribution >= 0.6 is 0 Å². The largest absolute Gasteiger partial charge is 0.354 e. The van der Waals surface area contributed by atoms with Gasteiger partial charge in [0.2, 0.25) is 5.91 Å². The van der Waals surface area contributed by atoms with Gasteiger partial charge in [0.15, 0.2) is 0 Å². The summed E-state index contributed by atoms with van der Waals surface area (Å²) in [6.45, 7) is 5.14. The van der Waals surface area contributed by atoms with Crippen molar-refractivity contribution in [3.05, 3.63) is 10.4 Å². The number of amides is 1. The molecule has 0 spiro atoms. The zero-order valence-electron chi connectivity index (χ0n) is 9.72. The first-order valence-electron chi connectivity index (χ1n) is 5.72. The lowest BCUT2D eigenvalue weighted by Gasteiger charge is -2.31. The Bertz CT molecular complexity index is 266. The Balaban J connectivity index is 2.11. The summed E-state index contributed by atoms with van der Waals surface area (Å²) in [4.78, 5) is 15.9. The number of rotatable bonds is 5. The minimum atomic E-state index is 0.0572. The molecule has 0 aliphatic carbocycles. The molecule has 90 valence electrons. The number of carbonyl (C=O) groups excluding carboxylic acids is 1. The lowest BCUT2D eigenvalue weighted by atomic mass is 10.0. The van der Waals surface area contributed by atoms with Crippen LogP contribution in [0.3, 0.4) is 0 Å². The average molecular weight is 225 g/mol. The maximum absolute atomic E-state index is 10.9. The summed E-state index contributed by atoms with van der Waals surface area (Å²) in [6.07, 6.45) is 2.94. The number of piperidine rings is 1. The fourth-order valence-corrected chi connectivity index (χ4v) is 2.00. The molecule has 0 unspecified atom stereocenters. The van der Waals surface area contributed by atoms with Gasteiger partial charge in [0, 0.05) is 37.5 Å². The maximum Gasteiger partial charge on any atom is 0.217 e. The number of hydrogen-bond donors (Lipinski definition) is 1. The third kappa shape index (κ3) is 5.00. The van der Waals surface area contributed by atoms with E-state index in [-0.39, 0.29) is 5.91 Å². The van der Waals surface area contributed by atoms with E-state index < -0.39 is 0 Å². The molecule has 0 radical (unpaired) electrons. The normalized spacial score (nSPS) is 17.8. The Morgan fingerprint density at radius 3 is 2.81 bits per heavy atom. The Kier molecular flexibility index (Phi) is 5.67. The van der Waals surface area contributed by atoms with E-state index in [4.69, 9.17) is 5.53 Å². The van der Waals surface area contributed by atoms with E-state index >= 15 is 0 Å². The van der Waals surface area contributed by atoms with E-state index in [2.05, 4.69) is 20.2 Å². The molecule has 1 fully saturated rings.